The number of rotatable bonds is 8. The van der Waals surface area contributed by atoms with Gasteiger partial charge in [-0.1, -0.05) is 36.4 Å². The first-order valence-electron chi connectivity index (χ1n) is 7.48. The van der Waals surface area contributed by atoms with Crippen LogP contribution in [0.15, 0.2) is 42.5 Å². The Kier molecular flexibility index (Phi) is 7.92. The van der Waals surface area contributed by atoms with Gasteiger partial charge in [0.15, 0.2) is 0 Å². The van der Waals surface area contributed by atoms with Crippen molar-refractivity contribution < 1.29 is 9.59 Å². The summed E-state index contributed by atoms with van der Waals surface area (Å²) in [5.41, 5.74) is 1.21. The van der Waals surface area contributed by atoms with E-state index in [4.69, 9.17) is 0 Å². The molecule has 1 rings (SSSR count). The third kappa shape index (κ3) is 6.54. The van der Waals surface area contributed by atoms with Gasteiger partial charge in [-0.15, -0.1) is 0 Å². The number of carbonyl (C=O) groups excluding carboxylic acids is 2. The number of aryl methyl sites for hydroxylation is 1. The normalized spacial score (nSPS) is 13.6. The smallest absolute Gasteiger partial charge is 0.243 e. The van der Waals surface area contributed by atoms with Crippen molar-refractivity contribution in [1.29, 1.82) is 0 Å². The van der Waals surface area contributed by atoms with Crippen LogP contribution in [0.2, 0.25) is 0 Å². The van der Waals surface area contributed by atoms with Crippen molar-refractivity contribution in [2.24, 2.45) is 0 Å². The molecule has 0 aliphatic carbocycles. The summed E-state index contributed by atoms with van der Waals surface area (Å²) in [6, 6.07) is 9.62. The Hall–Kier alpha value is -2.14. The second-order valence-corrected chi connectivity index (χ2v) is 5.12. The Morgan fingerprint density at radius 3 is 2.45 bits per heavy atom. The minimum atomic E-state index is -0.271. The molecule has 2 amide bonds. The standard InChI is InChI=1S/C17H25N3O2/c1-13(18-2)17(22)20-15(11-12-16(21)19-3)10-9-14-7-5-4-6-8-14/h4-8,11-13,15,18H,9-10H2,1-3H3,(H,19,21)(H,20,22). The lowest BCUT2D eigenvalue weighted by molar-refractivity contribution is -0.123. The first kappa shape index (κ1) is 17.9. The molecule has 2 unspecified atom stereocenters. The third-order valence-corrected chi connectivity index (χ3v) is 3.47. The van der Waals surface area contributed by atoms with E-state index in [9.17, 15) is 9.59 Å². The van der Waals surface area contributed by atoms with Gasteiger partial charge in [-0.25, -0.2) is 0 Å². The lowest BCUT2D eigenvalue weighted by Gasteiger charge is -2.18. The zero-order chi connectivity index (χ0) is 16.4. The van der Waals surface area contributed by atoms with Gasteiger partial charge in [0.2, 0.25) is 11.8 Å². The van der Waals surface area contributed by atoms with E-state index in [0.717, 1.165) is 12.8 Å². The summed E-state index contributed by atoms with van der Waals surface area (Å²) in [4.78, 5) is 23.3. The maximum Gasteiger partial charge on any atom is 0.243 e. The highest BCUT2D eigenvalue weighted by molar-refractivity contribution is 5.87. The van der Waals surface area contributed by atoms with Crippen LogP contribution < -0.4 is 16.0 Å². The highest BCUT2D eigenvalue weighted by Crippen LogP contribution is 2.06. The molecular formula is C17H25N3O2. The highest BCUT2D eigenvalue weighted by atomic mass is 16.2. The van der Waals surface area contributed by atoms with Crippen molar-refractivity contribution in [3.8, 4) is 0 Å². The minimum Gasteiger partial charge on any atom is -0.356 e. The predicted octanol–water partition coefficient (Wildman–Crippen LogP) is 1.01. The van der Waals surface area contributed by atoms with Crippen LogP contribution >= 0.6 is 0 Å². The molecule has 5 nitrogen and oxygen atoms in total. The Morgan fingerprint density at radius 1 is 1.18 bits per heavy atom. The van der Waals surface area contributed by atoms with Crippen LogP contribution in [0.3, 0.4) is 0 Å². The molecule has 0 saturated carbocycles. The van der Waals surface area contributed by atoms with Gasteiger partial charge in [-0.2, -0.15) is 0 Å². The van der Waals surface area contributed by atoms with Crippen LogP contribution in [-0.4, -0.2) is 38.0 Å². The minimum absolute atomic E-state index is 0.0814. The van der Waals surface area contributed by atoms with Gasteiger partial charge in [0.1, 0.15) is 0 Å². The third-order valence-electron chi connectivity index (χ3n) is 3.47. The second-order valence-electron chi connectivity index (χ2n) is 5.12. The molecule has 22 heavy (non-hydrogen) atoms. The second kappa shape index (κ2) is 9.73. The monoisotopic (exact) mass is 303 g/mol. The molecular weight excluding hydrogens is 278 g/mol. The molecule has 0 aromatic heterocycles. The van der Waals surface area contributed by atoms with Crippen LogP contribution in [0.1, 0.15) is 18.9 Å². The van der Waals surface area contributed by atoms with E-state index in [0.29, 0.717) is 0 Å². The Balaban J connectivity index is 2.66. The fourth-order valence-corrected chi connectivity index (χ4v) is 1.91. The van der Waals surface area contributed by atoms with Gasteiger partial charge >= 0.3 is 0 Å². The van der Waals surface area contributed by atoms with Crippen LogP contribution in [-0.2, 0) is 16.0 Å². The van der Waals surface area contributed by atoms with E-state index in [1.165, 1.54) is 11.6 Å². The van der Waals surface area contributed by atoms with Crippen LogP contribution in [0, 0.1) is 0 Å². The molecule has 0 aliphatic rings. The summed E-state index contributed by atoms with van der Waals surface area (Å²) in [7, 11) is 3.32. The van der Waals surface area contributed by atoms with Crippen molar-refractivity contribution >= 4 is 11.8 Å². The summed E-state index contributed by atoms with van der Waals surface area (Å²) in [5.74, 6) is -0.261. The number of hydrogen-bond donors (Lipinski definition) is 3. The van der Waals surface area contributed by atoms with E-state index in [1.807, 2.05) is 18.2 Å². The van der Waals surface area contributed by atoms with Gasteiger partial charge in [0, 0.05) is 19.2 Å². The SMILES string of the molecule is CNC(=O)C=CC(CCc1ccccc1)NC(=O)C(C)NC. The van der Waals surface area contributed by atoms with Crippen molar-refractivity contribution in [2.45, 2.75) is 31.8 Å². The quantitative estimate of drug-likeness (QED) is 0.628. The van der Waals surface area contributed by atoms with Gasteiger partial charge in [-0.05, 0) is 32.4 Å². The van der Waals surface area contributed by atoms with Gasteiger partial charge in [0.25, 0.3) is 0 Å². The lowest BCUT2D eigenvalue weighted by atomic mass is 10.0. The maximum atomic E-state index is 12.0. The van der Waals surface area contributed by atoms with Gasteiger partial charge < -0.3 is 16.0 Å². The lowest BCUT2D eigenvalue weighted by Crippen LogP contribution is -2.44. The van der Waals surface area contributed by atoms with Crippen LogP contribution in [0.25, 0.3) is 0 Å². The number of likely N-dealkylation sites (N-methyl/N-ethyl adjacent to an activating group) is 2. The highest BCUT2D eigenvalue weighted by Gasteiger charge is 2.14. The molecule has 1 aromatic carbocycles. The summed E-state index contributed by atoms with van der Waals surface area (Å²) in [6.07, 6.45) is 4.76. The Labute approximate surface area is 132 Å². The van der Waals surface area contributed by atoms with Crippen LogP contribution in [0.5, 0.6) is 0 Å². The molecule has 3 N–H and O–H groups in total. The first-order chi connectivity index (χ1) is 10.6. The number of benzene rings is 1. The molecule has 1 aromatic rings. The van der Waals surface area contributed by atoms with E-state index in [1.54, 1.807) is 27.1 Å². The zero-order valence-corrected chi connectivity index (χ0v) is 13.4. The molecule has 0 aliphatic heterocycles. The molecule has 0 heterocycles. The topological polar surface area (TPSA) is 70.2 Å². The molecule has 0 spiro atoms. The van der Waals surface area contributed by atoms with Gasteiger partial charge in [-0.3, -0.25) is 9.59 Å². The molecule has 0 radical (unpaired) electrons. The summed E-state index contributed by atoms with van der Waals surface area (Å²) < 4.78 is 0. The summed E-state index contributed by atoms with van der Waals surface area (Å²) in [5, 5.41) is 8.38. The molecule has 2 atom stereocenters. The van der Waals surface area contributed by atoms with E-state index < -0.39 is 0 Å². The van der Waals surface area contributed by atoms with Crippen molar-refractivity contribution in [3.05, 3.63) is 48.0 Å². The zero-order valence-electron chi connectivity index (χ0n) is 13.4. The fraction of sp³-hybridized carbons (Fsp3) is 0.412. The van der Waals surface area contributed by atoms with Gasteiger partial charge in [0.05, 0.1) is 6.04 Å². The first-order valence-corrected chi connectivity index (χ1v) is 7.48. The molecule has 0 fully saturated rings. The number of carbonyl (C=O) groups is 2. The molecule has 0 bridgehead atoms. The van der Waals surface area contributed by atoms with Crippen molar-refractivity contribution in [1.82, 2.24) is 16.0 Å². The Morgan fingerprint density at radius 2 is 1.86 bits per heavy atom. The largest absolute Gasteiger partial charge is 0.356 e. The average Bonchev–Trinajstić information content (AvgIpc) is 2.56. The van der Waals surface area contributed by atoms with E-state index >= 15 is 0 Å². The van der Waals surface area contributed by atoms with Crippen LogP contribution in [0.4, 0.5) is 0 Å². The molecule has 120 valence electrons. The maximum absolute atomic E-state index is 12.0. The average molecular weight is 303 g/mol. The molecule has 0 saturated heterocycles. The number of amides is 2. The number of nitrogens with one attached hydrogen (secondary N) is 3. The van der Waals surface area contributed by atoms with Crippen molar-refractivity contribution in [3.63, 3.8) is 0 Å². The van der Waals surface area contributed by atoms with E-state index in [2.05, 4.69) is 28.1 Å². The summed E-state index contributed by atoms with van der Waals surface area (Å²) in [6.45, 7) is 1.80. The fourth-order valence-electron chi connectivity index (χ4n) is 1.91. The summed E-state index contributed by atoms with van der Waals surface area (Å²) >= 11 is 0. The van der Waals surface area contributed by atoms with Crippen molar-refractivity contribution in [2.75, 3.05) is 14.1 Å². The number of hydrogen-bond acceptors (Lipinski definition) is 3. The molecule has 5 heteroatoms. The Bertz CT molecular complexity index is 500. The van der Waals surface area contributed by atoms with E-state index in [-0.39, 0.29) is 23.9 Å². The predicted molar refractivity (Wildman–Crippen MR) is 88.4 cm³/mol.